The summed E-state index contributed by atoms with van der Waals surface area (Å²) in [4.78, 5) is 2.50. The molecule has 3 nitrogen and oxygen atoms in total. The third-order valence-electron chi connectivity index (χ3n) is 3.60. The lowest BCUT2D eigenvalue weighted by atomic mass is 10.1. The van der Waals surface area contributed by atoms with Gasteiger partial charge in [-0.15, -0.1) is 11.6 Å². The van der Waals surface area contributed by atoms with E-state index < -0.39 is 0 Å². The van der Waals surface area contributed by atoms with Crippen LogP contribution in [0.2, 0.25) is 0 Å². The third-order valence-corrected chi connectivity index (χ3v) is 3.94. The van der Waals surface area contributed by atoms with Crippen LogP contribution in [0.5, 0.6) is 0 Å². The molecule has 2 fully saturated rings. The van der Waals surface area contributed by atoms with Crippen molar-refractivity contribution in [3.8, 4) is 0 Å². The van der Waals surface area contributed by atoms with Crippen LogP contribution < -0.4 is 0 Å². The smallest absolute Gasteiger partial charge is 0.170 e. The van der Waals surface area contributed by atoms with Crippen LogP contribution in [0.4, 0.5) is 0 Å². The van der Waals surface area contributed by atoms with Gasteiger partial charge in [0.1, 0.15) is 0 Å². The van der Waals surface area contributed by atoms with Crippen molar-refractivity contribution in [2.45, 2.75) is 51.0 Å². The second-order valence-electron chi connectivity index (χ2n) is 5.10. The highest BCUT2D eigenvalue weighted by Crippen LogP contribution is 2.34. The van der Waals surface area contributed by atoms with Gasteiger partial charge in [0.2, 0.25) is 0 Å². The molecule has 0 amide bonds. The molecule has 2 saturated heterocycles. The van der Waals surface area contributed by atoms with Crippen LogP contribution in [0.15, 0.2) is 0 Å². The zero-order valence-corrected chi connectivity index (χ0v) is 11.0. The molecule has 0 radical (unpaired) electrons. The summed E-state index contributed by atoms with van der Waals surface area (Å²) in [6.45, 7) is 7.36. The number of hydrogen-bond donors (Lipinski definition) is 0. The molecule has 2 rings (SSSR count). The zero-order valence-electron chi connectivity index (χ0n) is 10.2. The molecule has 1 spiro atoms. The summed E-state index contributed by atoms with van der Waals surface area (Å²) < 4.78 is 11.8. The van der Waals surface area contributed by atoms with E-state index in [9.17, 15) is 0 Å². The number of nitrogens with zero attached hydrogens (tertiary/aromatic N) is 1. The Morgan fingerprint density at radius 3 is 2.81 bits per heavy atom. The minimum atomic E-state index is -0.330. The zero-order chi connectivity index (χ0) is 11.6. The maximum atomic E-state index is 5.97. The van der Waals surface area contributed by atoms with Crippen LogP contribution in [0.1, 0.15) is 33.1 Å². The first kappa shape index (κ1) is 12.6. The van der Waals surface area contributed by atoms with Crippen molar-refractivity contribution in [1.82, 2.24) is 4.90 Å². The maximum Gasteiger partial charge on any atom is 0.170 e. The van der Waals surface area contributed by atoms with Gasteiger partial charge in [0.25, 0.3) is 0 Å². The predicted molar refractivity (Wildman–Crippen MR) is 64.8 cm³/mol. The van der Waals surface area contributed by atoms with E-state index in [4.69, 9.17) is 21.1 Å². The van der Waals surface area contributed by atoms with E-state index in [1.165, 1.54) is 0 Å². The number of hydrogen-bond acceptors (Lipinski definition) is 3. The first-order valence-electron chi connectivity index (χ1n) is 6.27. The SMILES string of the molecule is CC(C)N1CCCC2(CC1)OCC(CCl)O2. The van der Waals surface area contributed by atoms with E-state index in [-0.39, 0.29) is 11.9 Å². The Labute approximate surface area is 103 Å². The molecule has 94 valence electrons. The lowest BCUT2D eigenvalue weighted by molar-refractivity contribution is -0.173. The fourth-order valence-corrected chi connectivity index (χ4v) is 2.73. The minimum Gasteiger partial charge on any atom is -0.347 e. The molecule has 2 atom stereocenters. The summed E-state index contributed by atoms with van der Waals surface area (Å²) in [6, 6.07) is 0.611. The lowest BCUT2D eigenvalue weighted by Crippen LogP contribution is -2.35. The van der Waals surface area contributed by atoms with Crippen molar-refractivity contribution < 1.29 is 9.47 Å². The molecule has 2 aliphatic heterocycles. The molecule has 2 aliphatic rings. The second kappa shape index (κ2) is 5.21. The molecule has 0 saturated carbocycles. The van der Waals surface area contributed by atoms with Crippen molar-refractivity contribution in [2.24, 2.45) is 0 Å². The van der Waals surface area contributed by atoms with Crippen molar-refractivity contribution in [3.05, 3.63) is 0 Å². The summed E-state index contributed by atoms with van der Waals surface area (Å²) >= 11 is 5.81. The van der Waals surface area contributed by atoms with Gasteiger partial charge in [-0.25, -0.2) is 0 Å². The highest BCUT2D eigenvalue weighted by atomic mass is 35.5. The number of rotatable bonds is 2. The summed E-state index contributed by atoms with van der Waals surface area (Å²) in [5, 5.41) is 0. The quantitative estimate of drug-likeness (QED) is 0.699. The van der Waals surface area contributed by atoms with Gasteiger partial charge in [-0.1, -0.05) is 0 Å². The fourth-order valence-electron chi connectivity index (χ4n) is 2.57. The molecule has 2 unspecified atom stereocenters. The van der Waals surface area contributed by atoms with Crippen molar-refractivity contribution in [2.75, 3.05) is 25.6 Å². The van der Waals surface area contributed by atoms with Crippen molar-refractivity contribution >= 4 is 11.6 Å². The van der Waals surface area contributed by atoms with Crippen LogP contribution >= 0.6 is 11.6 Å². The van der Waals surface area contributed by atoms with E-state index >= 15 is 0 Å². The Bertz CT molecular complexity index is 237. The molecule has 2 heterocycles. The van der Waals surface area contributed by atoms with Crippen LogP contribution in [-0.4, -0.2) is 48.4 Å². The van der Waals surface area contributed by atoms with E-state index in [1.54, 1.807) is 0 Å². The molecule has 16 heavy (non-hydrogen) atoms. The summed E-state index contributed by atoms with van der Waals surface area (Å²) in [5.74, 6) is 0.207. The Morgan fingerprint density at radius 2 is 2.19 bits per heavy atom. The molecule has 4 heteroatoms. The normalized spacial score (nSPS) is 37.1. The van der Waals surface area contributed by atoms with Gasteiger partial charge in [0.15, 0.2) is 5.79 Å². The Hall–Kier alpha value is 0.170. The number of likely N-dealkylation sites (tertiary alicyclic amines) is 1. The van der Waals surface area contributed by atoms with Gasteiger partial charge in [0, 0.05) is 25.4 Å². The Balaban J connectivity index is 1.93. The topological polar surface area (TPSA) is 21.7 Å². The van der Waals surface area contributed by atoms with Crippen LogP contribution in [0.3, 0.4) is 0 Å². The lowest BCUT2D eigenvalue weighted by Gasteiger charge is -2.27. The average Bonchev–Trinajstić information content (AvgIpc) is 2.53. The largest absolute Gasteiger partial charge is 0.347 e. The van der Waals surface area contributed by atoms with Crippen LogP contribution in [0.25, 0.3) is 0 Å². The standard InChI is InChI=1S/C12H22ClNO2/c1-10(2)14-6-3-4-12(5-7-14)15-9-11(8-13)16-12/h10-11H,3-9H2,1-2H3. The number of ether oxygens (including phenoxy) is 2. The predicted octanol–water partition coefficient (Wildman–Crippen LogP) is 2.23. The molecule has 0 aromatic carbocycles. The Morgan fingerprint density at radius 1 is 1.38 bits per heavy atom. The maximum absolute atomic E-state index is 5.97. The molecule has 0 aliphatic carbocycles. The molecule has 0 N–H and O–H groups in total. The van der Waals surface area contributed by atoms with E-state index in [0.717, 1.165) is 32.4 Å². The highest BCUT2D eigenvalue weighted by molar-refractivity contribution is 6.18. The molecule has 0 aromatic rings. The van der Waals surface area contributed by atoms with Gasteiger partial charge < -0.3 is 14.4 Å². The van der Waals surface area contributed by atoms with Gasteiger partial charge in [-0.3, -0.25) is 0 Å². The van der Waals surface area contributed by atoms with Crippen molar-refractivity contribution in [3.63, 3.8) is 0 Å². The van der Waals surface area contributed by atoms with Crippen molar-refractivity contribution in [1.29, 1.82) is 0 Å². The summed E-state index contributed by atoms with van der Waals surface area (Å²) in [7, 11) is 0. The van der Waals surface area contributed by atoms with E-state index in [0.29, 0.717) is 18.5 Å². The summed E-state index contributed by atoms with van der Waals surface area (Å²) in [6.07, 6.45) is 3.21. The summed E-state index contributed by atoms with van der Waals surface area (Å²) in [5.41, 5.74) is 0. The molecule has 0 bridgehead atoms. The number of alkyl halides is 1. The fraction of sp³-hybridized carbons (Fsp3) is 1.00. The molecular weight excluding hydrogens is 226 g/mol. The van der Waals surface area contributed by atoms with E-state index in [1.807, 2.05) is 0 Å². The first-order chi connectivity index (χ1) is 7.65. The minimum absolute atomic E-state index is 0.0901. The number of halogens is 1. The van der Waals surface area contributed by atoms with Crippen LogP contribution in [0, 0.1) is 0 Å². The monoisotopic (exact) mass is 247 g/mol. The first-order valence-corrected chi connectivity index (χ1v) is 6.80. The van der Waals surface area contributed by atoms with Gasteiger partial charge >= 0.3 is 0 Å². The average molecular weight is 248 g/mol. The van der Waals surface area contributed by atoms with Gasteiger partial charge in [-0.05, 0) is 26.8 Å². The Kier molecular flexibility index (Phi) is 4.11. The molecule has 0 aromatic heterocycles. The highest BCUT2D eigenvalue weighted by Gasteiger charge is 2.42. The van der Waals surface area contributed by atoms with Gasteiger partial charge in [-0.2, -0.15) is 0 Å². The van der Waals surface area contributed by atoms with Crippen LogP contribution in [-0.2, 0) is 9.47 Å². The third kappa shape index (κ3) is 2.70. The second-order valence-corrected chi connectivity index (χ2v) is 5.41. The van der Waals surface area contributed by atoms with E-state index in [2.05, 4.69) is 18.7 Å². The van der Waals surface area contributed by atoms with Gasteiger partial charge in [0.05, 0.1) is 18.6 Å². The molecular formula is C12H22ClNO2.